The van der Waals surface area contributed by atoms with Crippen molar-refractivity contribution < 1.29 is 0 Å². The van der Waals surface area contributed by atoms with Gasteiger partial charge >= 0.3 is 0 Å². The Morgan fingerprint density at radius 2 is 0.417 bits per heavy atom. The van der Waals surface area contributed by atoms with Gasteiger partial charge in [-0.25, -0.2) is 0 Å². The van der Waals surface area contributed by atoms with Gasteiger partial charge in [-0.1, -0.05) is 97.1 Å². The van der Waals surface area contributed by atoms with Crippen molar-refractivity contribution in [2.75, 3.05) is 0 Å². The Labute approximate surface area is 203 Å². The van der Waals surface area contributed by atoms with Crippen LogP contribution in [0.1, 0.15) is 0 Å². The van der Waals surface area contributed by atoms with Crippen molar-refractivity contribution in [1.82, 2.24) is 0 Å². The van der Waals surface area contributed by atoms with Crippen LogP contribution < -0.4 is 10.9 Å². The van der Waals surface area contributed by atoms with E-state index in [1.165, 1.54) is 0 Å². The molecule has 0 aliphatic heterocycles. The van der Waals surface area contributed by atoms with Gasteiger partial charge in [-0.15, -0.1) is 0 Å². The van der Waals surface area contributed by atoms with Crippen LogP contribution in [0.25, 0.3) is 86.2 Å². The maximum Gasteiger partial charge on any atom is 0.195 e. The fraction of sp³-hybridized carbons (Fsp3) is 0. The minimum absolute atomic E-state index is 0.0346. The van der Waals surface area contributed by atoms with E-state index in [2.05, 4.69) is 48.5 Å². The molecular weight excluding hydrogens is 440 g/mol. The standard InChI is InChI=1S/C34H16O2/c35-33-29-25-17-9-1-2-10-18(17)26(20-12-4-3-11-19(20)25)30(29)34(36)32-28-23-15-7-5-13-21(23)27(31(32)33)22-14-6-8-16-24(22)28/h1-16H. The molecule has 0 unspecified atom stereocenters. The van der Waals surface area contributed by atoms with Gasteiger partial charge in [0.05, 0.1) is 0 Å². The lowest BCUT2D eigenvalue weighted by atomic mass is 9.81. The first-order valence-corrected chi connectivity index (χ1v) is 12.2. The third-order valence-electron chi connectivity index (χ3n) is 8.27. The lowest BCUT2D eigenvalue weighted by Crippen LogP contribution is -2.16. The fourth-order valence-electron chi connectivity index (χ4n) is 6.99. The predicted molar refractivity (Wildman–Crippen MR) is 153 cm³/mol. The number of hydrogen-bond donors (Lipinski definition) is 0. The first-order valence-electron chi connectivity index (χ1n) is 12.2. The summed E-state index contributed by atoms with van der Waals surface area (Å²) in [5.41, 5.74) is -0.0692. The molecular formula is C34H16O2. The summed E-state index contributed by atoms with van der Waals surface area (Å²) < 4.78 is 0. The molecule has 11 aromatic carbocycles. The van der Waals surface area contributed by atoms with Gasteiger partial charge < -0.3 is 0 Å². The molecule has 0 amide bonds. The van der Waals surface area contributed by atoms with Crippen LogP contribution in [0.3, 0.4) is 0 Å². The van der Waals surface area contributed by atoms with E-state index in [1.807, 2.05) is 48.5 Å². The van der Waals surface area contributed by atoms with Crippen molar-refractivity contribution in [3.63, 3.8) is 0 Å². The summed E-state index contributed by atoms with van der Waals surface area (Å²) in [5, 5.41) is 14.2. The van der Waals surface area contributed by atoms with Crippen molar-refractivity contribution in [3.05, 3.63) is 118 Å². The van der Waals surface area contributed by atoms with Crippen LogP contribution in [0.15, 0.2) is 107 Å². The summed E-state index contributed by atoms with van der Waals surface area (Å²) in [7, 11) is 0. The van der Waals surface area contributed by atoms with Gasteiger partial charge in [-0.3, -0.25) is 9.59 Å². The van der Waals surface area contributed by atoms with E-state index in [9.17, 15) is 9.59 Å². The summed E-state index contributed by atoms with van der Waals surface area (Å²) in [4.78, 5) is 29.2. The quantitative estimate of drug-likeness (QED) is 0.217. The van der Waals surface area contributed by atoms with Gasteiger partial charge in [0.25, 0.3) is 0 Å². The average molecular weight is 457 g/mol. The Bertz CT molecular complexity index is 2040. The zero-order valence-electron chi connectivity index (χ0n) is 19.1. The second kappa shape index (κ2) is 6.05. The molecule has 0 saturated heterocycles. The molecule has 0 aromatic heterocycles. The summed E-state index contributed by atoms with van der Waals surface area (Å²) in [6.45, 7) is 0. The minimum atomic E-state index is -0.0346. The molecule has 2 nitrogen and oxygen atoms in total. The minimum Gasteiger partial charge on any atom is -0.289 e. The van der Waals surface area contributed by atoms with Crippen LogP contribution in [0.4, 0.5) is 0 Å². The Morgan fingerprint density at radius 3 is 0.583 bits per heavy atom. The highest BCUT2D eigenvalue weighted by atomic mass is 16.1. The molecule has 0 saturated carbocycles. The van der Waals surface area contributed by atoms with Crippen molar-refractivity contribution >= 4 is 86.2 Å². The molecule has 0 aliphatic rings. The number of rotatable bonds is 0. The molecule has 0 radical (unpaired) electrons. The van der Waals surface area contributed by atoms with E-state index in [1.54, 1.807) is 0 Å². The highest BCUT2D eigenvalue weighted by Crippen LogP contribution is 2.46. The van der Waals surface area contributed by atoms with Gasteiger partial charge in [-0.2, -0.15) is 0 Å². The third kappa shape index (κ3) is 1.87. The summed E-state index contributed by atoms with van der Waals surface area (Å²) in [6.07, 6.45) is 0. The van der Waals surface area contributed by atoms with Gasteiger partial charge in [-0.05, 0) is 43.1 Å². The predicted octanol–water partition coefficient (Wildman–Crippen LogP) is 7.95. The molecule has 11 rings (SSSR count). The highest BCUT2D eigenvalue weighted by molar-refractivity contribution is 6.45. The van der Waals surface area contributed by atoms with Crippen LogP contribution in [-0.2, 0) is 0 Å². The third-order valence-corrected chi connectivity index (χ3v) is 8.27. The van der Waals surface area contributed by atoms with E-state index >= 15 is 0 Å². The van der Waals surface area contributed by atoms with Crippen molar-refractivity contribution in [2.45, 2.75) is 0 Å². The Morgan fingerprint density at radius 1 is 0.250 bits per heavy atom. The first kappa shape index (κ1) is 18.5. The first-order chi connectivity index (χ1) is 17.8. The molecule has 2 heteroatoms. The highest BCUT2D eigenvalue weighted by Gasteiger charge is 2.27. The molecule has 36 heavy (non-hydrogen) atoms. The smallest absolute Gasteiger partial charge is 0.195 e. The normalized spacial score (nSPS) is 12.7. The van der Waals surface area contributed by atoms with E-state index in [0.717, 1.165) is 64.6 Å². The molecule has 0 spiro atoms. The molecule has 0 heterocycles. The molecule has 0 fully saturated rings. The van der Waals surface area contributed by atoms with Gasteiger partial charge in [0.2, 0.25) is 0 Å². The van der Waals surface area contributed by atoms with E-state index in [0.29, 0.717) is 21.5 Å². The van der Waals surface area contributed by atoms with Crippen molar-refractivity contribution in [3.8, 4) is 0 Å². The topological polar surface area (TPSA) is 34.1 Å². The van der Waals surface area contributed by atoms with E-state index < -0.39 is 0 Å². The van der Waals surface area contributed by atoms with Gasteiger partial charge in [0, 0.05) is 43.1 Å². The molecule has 164 valence electrons. The monoisotopic (exact) mass is 456 g/mol. The molecule has 0 aliphatic carbocycles. The second-order valence-electron chi connectivity index (χ2n) is 9.84. The Balaban J connectivity index is 1.76. The summed E-state index contributed by atoms with van der Waals surface area (Å²) in [6, 6.07) is 32.7. The summed E-state index contributed by atoms with van der Waals surface area (Å²) >= 11 is 0. The number of benzene rings is 11. The average Bonchev–Trinajstić information content (AvgIpc) is 2.95. The van der Waals surface area contributed by atoms with E-state index in [-0.39, 0.29) is 10.9 Å². The lowest BCUT2D eigenvalue weighted by molar-refractivity contribution is 1.73. The molecule has 0 N–H and O–H groups in total. The number of hydrogen-bond acceptors (Lipinski definition) is 2. The van der Waals surface area contributed by atoms with Crippen LogP contribution >= 0.6 is 0 Å². The van der Waals surface area contributed by atoms with Crippen LogP contribution in [-0.4, -0.2) is 0 Å². The Kier molecular flexibility index (Phi) is 3.11. The molecule has 4 bridgehead atoms. The largest absolute Gasteiger partial charge is 0.289 e. The molecule has 11 aromatic rings. The van der Waals surface area contributed by atoms with Gasteiger partial charge in [0.15, 0.2) is 10.9 Å². The second-order valence-corrected chi connectivity index (χ2v) is 9.84. The van der Waals surface area contributed by atoms with Crippen LogP contribution in [0, 0.1) is 0 Å². The SMILES string of the molecule is O=c1c2c(c(=O)c3c1c1c4ccccc4c3c3ccccc31)c1c3ccccc3c2c2ccccc21. The molecule has 0 atom stereocenters. The Hall–Kier alpha value is -4.82. The van der Waals surface area contributed by atoms with Crippen LogP contribution in [0.5, 0.6) is 0 Å². The van der Waals surface area contributed by atoms with E-state index in [4.69, 9.17) is 0 Å². The summed E-state index contributed by atoms with van der Waals surface area (Å²) in [5.74, 6) is 0. The lowest BCUT2D eigenvalue weighted by Gasteiger charge is -2.20. The maximum absolute atomic E-state index is 14.6. The zero-order chi connectivity index (χ0) is 23.7. The van der Waals surface area contributed by atoms with Crippen LogP contribution in [0.2, 0.25) is 0 Å². The van der Waals surface area contributed by atoms with Crippen molar-refractivity contribution in [2.24, 2.45) is 0 Å². The maximum atomic E-state index is 14.6. The zero-order valence-corrected chi connectivity index (χ0v) is 19.1. The van der Waals surface area contributed by atoms with Crippen molar-refractivity contribution in [1.29, 1.82) is 0 Å². The fourth-order valence-corrected chi connectivity index (χ4v) is 6.99. The van der Waals surface area contributed by atoms with Gasteiger partial charge in [0.1, 0.15) is 0 Å².